The fraction of sp³-hybridized carbons (Fsp3) is 0.238. The lowest BCUT2D eigenvalue weighted by molar-refractivity contribution is 0.0984. The highest BCUT2D eigenvalue weighted by molar-refractivity contribution is 6.07. The van der Waals surface area contributed by atoms with Crippen LogP contribution in [0.5, 0.6) is 0 Å². The van der Waals surface area contributed by atoms with Crippen molar-refractivity contribution < 1.29 is 9.18 Å². The summed E-state index contributed by atoms with van der Waals surface area (Å²) in [6.07, 6.45) is 3.55. The van der Waals surface area contributed by atoms with Crippen molar-refractivity contribution >= 4 is 11.6 Å². The van der Waals surface area contributed by atoms with E-state index >= 15 is 0 Å². The van der Waals surface area contributed by atoms with E-state index in [1.165, 1.54) is 23.3 Å². The van der Waals surface area contributed by atoms with E-state index in [1.807, 2.05) is 24.0 Å². The van der Waals surface area contributed by atoms with E-state index in [1.54, 1.807) is 23.0 Å². The van der Waals surface area contributed by atoms with Crippen molar-refractivity contribution in [3.63, 3.8) is 0 Å². The fourth-order valence-electron chi connectivity index (χ4n) is 3.54. The van der Waals surface area contributed by atoms with Gasteiger partial charge in [-0.05, 0) is 62.6 Å². The van der Waals surface area contributed by atoms with E-state index in [-0.39, 0.29) is 11.7 Å². The van der Waals surface area contributed by atoms with Crippen LogP contribution in [-0.2, 0) is 6.42 Å². The molecule has 1 aromatic heterocycles. The van der Waals surface area contributed by atoms with Gasteiger partial charge in [0.15, 0.2) is 0 Å². The SMILES string of the molecule is Cc1ccc2c(c1)CCCN2C(=O)c1cnn(-c2ccc(F)cc2)c1C. The number of aromatic nitrogens is 2. The Morgan fingerprint density at radius 2 is 1.88 bits per heavy atom. The molecule has 0 unspecified atom stereocenters. The average molecular weight is 349 g/mol. The second-order valence-corrected chi connectivity index (χ2v) is 6.72. The standard InChI is InChI=1S/C21H20FN3O/c1-14-5-10-20-16(12-14)4-3-11-24(20)21(26)19-13-23-25(15(19)2)18-8-6-17(22)7-9-18/h5-10,12-13H,3-4,11H2,1-2H3. The van der Waals surface area contributed by atoms with Crippen LogP contribution < -0.4 is 4.90 Å². The molecule has 2 heterocycles. The number of rotatable bonds is 2. The molecule has 5 heteroatoms. The molecule has 0 spiro atoms. The summed E-state index contributed by atoms with van der Waals surface area (Å²) >= 11 is 0. The highest BCUT2D eigenvalue weighted by Crippen LogP contribution is 2.30. The predicted octanol–water partition coefficient (Wildman–Crippen LogP) is 4.22. The fourth-order valence-corrected chi connectivity index (χ4v) is 3.54. The Balaban J connectivity index is 1.69. The first-order valence-electron chi connectivity index (χ1n) is 8.76. The number of halogens is 1. The molecule has 0 fully saturated rings. The highest BCUT2D eigenvalue weighted by atomic mass is 19.1. The topological polar surface area (TPSA) is 38.1 Å². The molecule has 3 aromatic rings. The zero-order chi connectivity index (χ0) is 18.3. The summed E-state index contributed by atoms with van der Waals surface area (Å²) in [6, 6.07) is 12.3. The number of nitrogens with zero attached hydrogens (tertiary/aromatic N) is 3. The van der Waals surface area contributed by atoms with Crippen LogP contribution in [0, 0.1) is 19.7 Å². The molecule has 1 aliphatic rings. The lowest BCUT2D eigenvalue weighted by Gasteiger charge is -2.29. The molecular formula is C21H20FN3O. The predicted molar refractivity (Wildman–Crippen MR) is 99.4 cm³/mol. The molecule has 1 aliphatic heterocycles. The first kappa shape index (κ1) is 16.5. The summed E-state index contributed by atoms with van der Waals surface area (Å²) in [5.41, 5.74) is 5.47. The Labute approximate surface area is 151 Å². The van der Waals surface area contributed by atoms with Crippen molar-refractivity contribution in [3.8, 4) is 5.69 Å². The third kappa shape index (κ3) is 2.79. The quantitative estimate of drug-likeness (QED) is 0.695. The number of amides is 1. The van der Waals surface area contributed by atoms with Gasteiger partial charge in [-0.3, -0.25) is 4.79 Å². The summed E-state index contributed by atoms with van der Waals surface area (Å²) < 4.78 is 14.8. The molecular weight excluding hydrogens is 329 g/mol. The van der Waals surface area contributed by atoms with Gasteiger partial charge in [-0.15, -0.1) is 0 Å². The maximum absolute atomic E-state index is 13.2. The van der Waals surface area contributed by atoms with Crippen molar-refractivity contribution in [1.29, 1.82) is 0 Å². The van der Waals surface area contributed by atoms with Crippen molar-refractivity contribution in [2.24, 2.45) is 0 Å². The third-order valence-electron chi connectivity index (χ3n) is 4.91. The minimum Gasteiger partial charge on any atom is -0.308 e. The van der Waals surface area contributed by atoms with Gasteiger partial charge >= 0.3 is 0 Å². The van der Waals surface area contributed by atoms with E-state index in [9.17, 15) is 9.18 Å². The van der Waals surface area contributed by atoms with Crippen LogP contribution in [0.2, 0.25) is 0 Å². The molecule has 1 amide bonds. The van der Waals surface area contributed by atoms with E-state index in [2.05, 4.69) is 18.1 Å². The van der Waals surface area contributed by atoms with Gasteiger partial charge in [0, 0.05) is 12.2 Å². The van der Waals surface area contributed by atoms with Gasteiger partial charge in [0.05, 0.1) is 23.1 Å². The zero-order valence-corrected chi connectivity index (χ0v) is 14.9. The Kier molecular flexibility index (Phi) is 4.07. The zero-order valence-electron chi connectivity index (χ0n) is 14.9. The van der Waals surface area contributed by atoms with E-state index in [0.29, 0.717) is 12.1 Å². The van der Waals surface area contributed by atoms with Crippen molar-refractivity contribution in [2.75, 3.05) is 11.4 Å². The number of anilines is 1. The third-order valence-corrected chi connectivity index (χ3v) is 4.91. The number of carbonyl (C=O) groups excluding carboxylic acids is 1. The first-order chi connectivity index (χ1) is 12.5. The molecule has 0 aliphatic carbocycles. The maximum Gasteiger partial charge on any atom is 0.261 e. The smallest absolute Gasteiger partial charge is 0.261 e. The molecule has 0 saturated carbocycles. The maximum atomic E-state index is 13.2. The van der Waals surface area contributed by atoms with Crippen molar-refractivity contribution in [2.45, 2.75) is 26.7 Å². The van der Waals surface area contributed by atoms with Gasteiger partial charge in [0.25, 0.3) is 5.91 Å². The molecule has 4 rings (SSSR count). The second-order valence-electron chi connectivity index (χ2n) is 6.72. The summed E-state index contributed by atoms with van der Waals surface area (Å²) in [5, 5.41) is 4.35. The van der Waals surface area contributed by atoms with Crippen LogP contribution in [0.25, 0.3) is 5.69 Å². The van der Waals surface area contributed by atoms with Crippen LogP contribution in [0.3, 0.4) is 0 Å². The second kappa shape index (κ2) is 6.41. The molecule has 132 valence electrons. The van der Waals surface area contributed by atoms with Gasteiger partial charge in [-0.1, -0.05) is 17.7 Å². The van der Waals surface area contributed by atoms with Crippen molar-refractivity contribution in [3.05, 3.63) is 76.9 Å². The minimum absolute atomic E-state index is 0.0411. The van der Waals surface area contributed by atoms with Crippen LogP contribution in [0.15, 0.2) is 48.7 Å². The van der Waals surface area contributed by atoms with E-state index in [4.69, 9.17) is 0 Å². The lowest BCUT2D eigenvalue weighted by Crippen LogP contribution is -2.35. The Hall–Kier alpha value is -2.95. The van der Waals surface area contributed by atoms with Gasteiger partial charge in [-0.25, -0.2) is 9.07 Å². The van der Waals surface area contributed by atoms with Crippen LogP contribution >= 0.6 is 0 Å². The Morgan fingerprint density at radius 3 is 2.65 bits per heavy atom. The molecule has 0 bridgehead atoms. The average Bonchev–Trinajstić information content (AvgIpc) is 3.02. The van der Waals surface area contributed by atoms with Gasteiger partial charge < -0.3 is 4.90 Å². The summed E-state index contributed by atoms with van der Waals surface area (Å²) in [5.74, 6) is -0.337. The number of carbonyl (C=O) groups is 1. The normalized spacial score (nSPS) is 13.6. The van der Waals surface area contributed by atoms with Crippen LogP contribution in [0.1, 0.15) is 33.6 Å². The van der Waals surface area contributed by atoms with Crippen LogP contribution in [0.4, 0.5) is 10.1 Å². The summed E-state index contributed by atoms with van der Waals surface area (Å²) in [4.78, 5) is 15.0. The molecule has 0 N–H and O–H groups in total. The number of hydrogen-bond donors (Lipinski definition) is 0. The Morgan fingerprint density at radius 1 is 1.12 bits per heavy atom. The number of fused-ring (bicyclic) bond motifs is 1. The van der Waals surface area contributed by atoms with Gasteiger partial charge in [0.1, 0.15) is 5.82 Å². The number of benzene rings is 2. The molecule has 4 nitrogen and oxygen atoms in total. The number of aryl methyl sites for hydroxylation is 2. The van der Waals surface area contributed by atoms with Gasteiger partial charge in [0.2, 0.25) is 0 Å². The summed E-state index contributed by atoms with van der Waals surface area (Å²) in [6.45, 7) is 4.64. The minimum atomic E-state index is -0.296. The lowest BCUT2D eigenvalue weighted by atomic mass is 9.99. The summed E-state index contributed by atoms with van der Waals surface area (Å²) in [7, 11) is 0. The number of hydrogen-bond acceptors (Lipinski definition) is 2. The Bertz CT molecular complexity index is 975. The molecule has 0 atom stereocenters. The molecule has 0 radical (unpaired) electrons. The molecule has 2 aromatic carbocycles. The van der Waals surface area contributed by atoms with E-state index in [0.717, 1.165) is 29.9 Å². The monoisotopic (exact) mass is 349 g/mol. The first-order valence-corrected chi connectivity index (χ1v) is 8.76. The highest BCUT2D eigenvalue weighted by Gasteiger charge is 2.26. The molecule has 26 heavy (non-hydrogen) atoms. The van der Waals surface area contributed by atoms with E-state index < -0.39 is 0 Å². The van der Waals surface area contributed by atoms with Gasteiger partial charge in [-0.2, -0.15) is 5.10 Å². The van der Waals surface area contributed by atoms with Crippen LogP contribution in [-0.4, -0.2) is 22.2 Å². The largest absolute Gasteiger partial charge is 0.308 e. The molecule has 0 saturated heterocycles. The van der Waals surface area contributed by atoms with Crippen molar-refractivity contribution in [1.82, 2.24) is 9.78 Å².